The van der Waals surface area contributed by atoms with Crippen LogP contribution >= 0.6 is 0 Å². The Morgan fingerprint density at radius 2 is 2.00 bits per heavy atom. The molecule has 1 fully saturated rings. The van der Waals surface area contributed by atoms with E-state index in [2.05, 4.69) is 40.9 Å². The van der Waals surface area contributed by atoms with Gasteiger partial charge in [0, 0.05) is 37.0 Å². The van der Waals surface area contributed by atoms with E-state index in [-0.39, 0.29) is 17.0 Å². The molecule has 1 amide bonds. The van der Waals surface area contributed by atoms with Crippen molar-refractivity contribution in [2.24, 2.45) is 5.92 Å². The molecule has 8 heteroatoms. The minimum atomic E-state index is -0.453. The molecular weight excluding hydrogens is 346 g/mol. The van der Waals surface area contributed by atoms with Crippen molar-refractivity contribution in [1.82, 2.24) is 25.1 Å². The van der Waals surface area contributed by atoms with E-state index < -0.39 is 5.56 Å². The zero-order valence-electron chi connectivity index (χ0n) is 15.9. The summed E-state index contributed by atoms with van der Waals surface area (Å²) in [7, 11) is 0. The number of aromatic nitrogens is 4. The number of amides is 1. The van der Waals surface area contributed by atoms with Crippen molar-refractivity contribution in [3.63, 3.8) is 0 Å². The third-order valence-corrected chi connectivity index (χ3v) is 4.69. The molecular formula is C19H25N5O3. The van der Waals surface area contributed by atoms with Crippen molar-refractivity contribution in [1.29, 1.82) is 0 Å². The summed E-state index contributed by atoms with van der Waals surface area (Å²) in [6.07, 6.45) is 4.45. The van der Waals surface area contributed by atoms with Gasteiger partial charge < -0.3 is 14.6 Å². The first-order valence-corrected chi connectivity index (χ1v) is 9.14. The molecule has 3 heterocycles. The maximum absolute atomic E-state index is 12.4. The van der Waals surface area contributed by atoms with Gasteiger partial charge in [0.1, 0.15) is 0 Å². The number of hydrogen-bond donors (Lipinski definition) is 1. The molecule has 1 aliphatic rings. The van der Waals surface area contributed by atoms with Gasteiger partial charge in [0.2, 0.25) is 5.88 Å². The van der Waals surface area contributed by atoms with Crippen molar-refractivity contribution < 1.29 is 9.53 Å². The number of aromatic amines is 1. The molecule has 2 aromatic rings. The van der Waals surface area contributed by atoms with Crippen LogP contribution in [0.5, 0.6) is 5.88 Å². The van der Waals surface area contributed by atoms with Crippen LogP contribution in [0.25, 0.3) is 0 Å². The molecule has 0 atom stereocenters. The van der Waals surface area contributed by atoms with Gasteiger partial charge in [0.15, 0.2) is 5.69 Å². The average molecular weight is 371 g/mol. The lowest BCUT2D eigenvalue weighted by Gasteiger charge is -2.31. The Morgan fingerprint density at radius 1 is 1.26 bits per heavy atom. The van der Waals surface area contributed by atoms with E-state index in [0.717, 1.165) is 18.5 Å². The first kappa shape index (κ1) is 19.0. The SMILES string of the molecule is CC(C)(C)c1ccc(OCC2CCN(C(=O)c3ncc[nH]c3=O)CC2)nn1. The molecule has 0 radical (unpaired) electrons. The average Bonchev–Trinajstić information content (AvgIpc) is 2.66. The molecule has 144 valence electrons. The number of carbonyl (C=O) groups is 1. The second-order valence-corrected chi connectivity index (χ2v) is 7.82. The molecule has 0 aromatic carbocycles. The third-order valence-electron chi connectivity index (χ3n) is 4.69. The predicted octanol–water partition coefficient (Wildman–Crippen LogP) is 1.79. The van der Waals surface area contributed by atoms with Crippen LogP contribution in [0.1, 0.15) is 49.8 Å². The number of nitrogens with one attached hydrogen (secondary N) is 1. The summed E-state index contributed by atoms with van der Waals surface area (Å²) in [6.45, 7) is 7.97. The summed E-state index contributed by atoms with van der Waals surface area (Å²) in [5.74, 6) is 0.529. The van der Waals surface area contributed by atoms with Gasteiger partial charge in [-0.3, -0.25) is 9.59 Å². The molecule has 2 aromatic heterocycles. The van der Waals surface area contributed by atoms with Crippen molar-refractivity contribution in [3.05, 3.63) is 46.3 Å². The maximum Gasteiger partial charge on any atom is 0.279 e. The maximum atomic E-state index is 12.4. The van der Waals surface area contributed by atoms with E-state index in [1.807, 2.05) is 12.1 Å². The van der Waals surface area contributed by atoms with Crippen molar-refractivity contribution in [3.8, 4) is 5.88 Å². The minimum Gasteiger partial charge on any atom is -0.476 e. The number of nitrogens with zero attached hydrogens (tertiary/aromatic N) is 4. The van der Waals surface area contributed by atoms with Gasteiger partial charge in [-0.2, -0.15) is 5.10 Å². The first-order valence-electron chi connectivity index (χ1n) is 9.14. The minimum absolute atomic E-state index is 0.0414. The third kappa shape index (κ3) is 4.69. The van der Waals surface area contributed by atoms with Gasteiger partial charge >= 0.3 is 0 Å². The summed E-state index contributed by atoms with van der Waals surface area (Å²) in [5.41, 5.74) is 0.373. The van der Waals surface area contributed by atoms with Crippen molar-refractivity contribution >= 4 is 5.91 Å². The molecule has 0 unspecified atom stereocenters. The molecule has 0 saturated carbocycles. The van der Waals surface area contributed by atoms with Crippen molar-refractivity contribution in [2.75, 3.05) is 19.7 Å². The number of hydrogen-bond acceptors (Lipinski definition) is 6. The monoisotopic (exact) mass is 371 g/mol. The number of likely N-dealkylation sites (tertiary alicyclic amines) is 1. The Labute approximate surface area is 158 Å². The molecule has 0 spiro atoms. The van der Waals surface area contributed by atoms with Crippen molar-refractivity contribution in [2.45, 2.75) is 39.0 Å². The smallest absolute Gasteiger partial charge is 0.279 e. The van der Waals surface area contributed by atoms with Crippen LogP contribution in [0.2, 0.25) is 0 Å². The lowest BCUT2D eigenvalue weighted by molar-refractivity contribution is 0.0651. The van der Waals surface area contributed by atoms with Crippen LogP contribution < -0.4 is 10.3 Å². The fraction of sp³-hybridized carbons (Fsp3) is 0.526. The van der Waals surface area contributed by atoms with E-state index in [9.17, 15) is 9.59 Å². The highest BCUT2D eigenvalue weighted by atomic mass is 16.5. The van der Waals surface area contributed by atoms with E-state index in [4.69, 9.17) is 4.74 Å². The quantitative estimate of drug-likeness (QED) is 0.879. The normalized spacial score (nSPS) is 15.6. The largest absolute Gasteiger partial charge is 0.476 e. The second-order valence-electron chi connectivity index (χ2n) is 7.82. The highest BCUT2D eigenvalue weighted by Gasteiger charge is 2.26. The van der Waals surface area contributed by atoms with Crippen LogP contribution in [0.4, 0.5) is 0 Å². The Bertz CT molecular complexity index is 833. The fourth-order valence-corrected chi connectivity index (χ4v) is 2.96. The van der Waals surface area contributed by atoms with Gasteiger partial charge in [-0.25, -0.2) is 4.98 Å². The van der Waals surface area contributed by atoms with Gasteiger partial charge in [0.05, 0.1) is 12.3 Å². The van der Waals surface area contributed by atoms with Gasteiger partial charge in [-0.1, -0.05) is 20.8 Å². The standard InChI is InChI=1S/C19H25N5O3/c1-19(2,3)14-4-5-15(23-22-14)27-12-13-6-10-24(11-7-13)18(26)16-17(25)21-9-8-20-16/h4-5,8-9,13H,6-7,10-12H2,1-3H3,(H,21,25). The molecule has 0 bridgehead atoms. The lowest BCUT2D eigenvalue weighted by atomic mass is 9.92. The Kier molecular flexibility index (Phi) is 5.53. The van der Waals surface area contributed by atoms with E-state index in [1.54, 1.807) is 4.90 Å². The van der Waals surface area contributed by atoms with Crippen LogP contribution in [0.15, 0.2) is 29.3 Å². The molecule has 1 saturated heterocycles. The first-order chi connectivity index (χ1) is 12.8. The molecule has 8 nitrogen and oxygen atoms in total. The summed E-state index contributed by atoms with van der Waals surface area (Å²) >= 11 is 0. The summed E-state index contributed by atoms with van der Waals surface area (Å²) in [5, 5.41) is 8.36. The highest BCUT2D eigenvalue weighted by molar-refractivity contribution is 5.91. The Hall–Kier alpha value is -2.77. The summed E-state index contributed by atoms with van der Waals surface area (Å²) < 4.78 is 5.77. The zero-order valence-corrected chi connectivity index (χ0v) is 15.9. The fourth-order valence-electron chi connectivity index (χ4n) is 2.96. The topological polar surface area (TPSA) is 101 Å². The van der Waals surface area contributed by atoms with E-state index >= 15 is 0 Å². The van der Waals surface area contributed by atoms with E-state index in [1.165, 1.54) is 12.4 Å². The van der Waals surface area contributed by atoms with Gasteiger partial charge in [-0.15, -0.1) is 5.10 Å². The predicted molar refractivity (Wildman–Crippen MR) is 99.7 cm³/mol. The summed E-state index contributed by atoms with van der Waals surface area (Å²) in [6, 6.07) is 3.79. The zero-order chi connectivity index (χ0) is 19.4. The molecule has 27 heavy (non-hydrogen) atoms. The Morgan fingerprint density at radius 3 is 2.59 bits per heavy atom. The lowest BCUT2D eigenvalue weighted by Crippen LogP contribution is -2.42. The second kappa shape index (κ2) is 7.85. The Balaban J connectivity index is 1.49. The number of ether oxygens (including phenoxy) is 1. The molecule has 1 N–H and O–H groups in total. The van der Waals surface area contributed by atoms with Crippen LogP contribution in [-0.2, 0) is 5.41 Å². The van der Waals surface area contributed by atoms with Crippen LogP contribution in [0.3, 0.4) is 0 Å². The van der Waals surface area contributed by atoms with Crippen LogP contribution in [0, 0.1) is 5.92 Å². The number of H-pyrrole nitrogens is 1. The summed E-state index contributed by atoms with van der Waals surface area (Å²) in [4.78, 5) is 32.2. The molecule has 0 aliphatic carbocycles. The van der Waals surface area contributed by atoms with E-state index in [0.29, 0.717) is 31.5 Å². The number of piperidine rings is 1. The molecule has 3 rings (SSSR count). The number of rotatable bonds is 4. The molecule has 1 aliphatic heterocycles. The highest BCUT2D eigenvalue weighted by Crippen LogP contribution is 2.22. The van der Waals surface area contributed by atoms with Gasteiger partial charge in [0.25, 0.3) is 11.5 Å². The number of carbonyl (C=O) groups excluding carboxylic acids is 1. The van der Waals surface area contributed by atoms with Gasteiger partial charge in [-0.05, 0) is 24.8 Å². The van der Waals surface area contributed by atoms with Crippen LogP contribution in [-0.4, -0.2) is 50.7 Å².